The van der Waals surface area contributed by atoms with Gasteiger partial charge in [-0.1, -0.05) is 6.07 Å². The van der Waals surface area contributed by atoms with Crippen molar-refractivity contribution < 1.29 is 9.53 Å². The van der Waals surface area contributed by atoms with Crippen molar-refractivity contribution in [2.75, 3.05) is 23.8 Å². The summed E-state index contributed by atoms with van der Waals surface area (Å²) >= 11 is 1.73. The topological polar surface area (TPSA) is 55.6 Å². The monoisotopic (exact) mass is 304 g/mol. The highest BCUT2D eigenvalue weighted by Crippen LogP contribution is 2.27. The molecule has 4 nitrogen and oxygen atoms in total. The predicted octanol–water partition coefficient (Wildman–Crippen LogP) is 3.53. The van der Waals surface area contributed by atoms with E-state index in [1.165, 1.54) is 4.88 Å². The van der Waals surface area contributed by atoms with E-state index < -0.39 is 0 Å². The van der Waals surface area contributed by atoms with Crippen molar-refractivity contribution in [1.29, 1.82) is 0 Å². The number of benzene rings is 1. The fourth-order valence-corrected chi connectivity index (χ4v) is 2.86. The molecule has 5 heteroatoms. The summed E-state index contributed by atoms with van der Waals surface area (Å²) in [4.78, 5) is 15.2. The van der Waals surface area contributed by atoms with Crippen molar-refractivity contribution in [3.63, 3.8) is 0 Å². The Kier molecular flexibility index (Phi) is 5.22. The Balaban J connectivity index is 2.20. The smallest absolute Gasteiger partial charge is 0.338 e. The summed E-state index contributed by atoms with van der Waals surface area (Å²) in [5.41, 5.74) is 8.15. The van der Waals surface area contributed by atoms with Crippen molar-refractivity contribution in [2.24, 2.45) is 0 Å². The van der Waals surface area contributed by atoms with Gasteiger partial charge in [-0.3, -0.25) is 0 Å². The van der Waals surface area contributed by atoms with Gasteiger partial charge in [-0.05, 0) is 43.5 Å². The average molecular weight is 304 g/mol. The highest BCUT2D eigenvalue weighted by molar-refractivity contribution is 7.09. The Hall–Kier alpha value is -2.01. The molecule has 0 spiro atoms. The zero-order chi connectivity index (χ0) is 15.2. The molecule has 1 heterocycles. The molecule has 0 saturated heterocycles. The molecule has 0 bridgehead atoms. The van der Waals surface area contributed by atoms with Gasteiger partial charge in [-0.15, -0.1) is 11.3 Å². The Morgan fingerprint density at radius 1 is 1.33 bits per heavy atom. The van der Waals surface area contributed by atoms with E-state index in [0.29, 0.717) is 17.9 Å². The van der Waals surface area contributed by atoms with Crippen LogP contribution in [0, 0.1) is 0 Å². The average Bonchev–Trinajstić information content (AvgIpc) is 2.98. The van der Waals surface area contributed by atoms with Gasteiger partial charge >= 0.3 is 5.97 Å². The molecule has 0 aliphatic carbocycles. The molecule has 1 aromatic carbocycles. The first-order chi connectivity index (χ1) is 10.2. The lowest BCUT2D eigenvalue weighted by Crippen LogP contribution is -2.22. The van der Waals surface area contributed by atoms with Gasteiger partial charge in [-0.2, -0.15) is 0 Å². The van der Waals surface area contributed by atoms with Crippen LogP contribution in [0.15, 0.2) is 35.7 Å². The normalized spacial score (nSPS) is 10.4. The Bertz CT molecular complexity index is 596. The number of rotatable bonds is 6. The number of nitrogens with two attached hydrogens (primary N) is 1. The summed E-state index contributed by atoms with van der Waals surface area (Å²) < 4.78 is 4.99. The van der Waals surface area contributed by atoms with E-state index in [0.717, 1.165) is 18.8 Å². The second-order valence-corrected chi connectivity index (χ2v) is 5.62. The number of nitrogen functional groups attached to an aromatic ring is 1. The van der Waals surface area contributed by atoms with Crippen molar-refractivity contribution in [3.05, 3.63) is 46.2 Å². The lowest BCUT2D eigenvalue weighted by atomic mass is 10.1. The summed E-state index contributed by atoms with van der Waals surface area (Å²) in [5, 5.41) is 2.07. The number of esters is 1. The van der Waals surface area contributed by atoms with Crippen LogP contribution in [-0.4, -0.2) is 19.1 Å². The van der Waals surface area contributed by atoms with Crippen molar-refractivity contribution in [2.45, 2.75) is 20.4 Å². The van der Waals surface area contributed by atoms with Gasteiger partial charge in [0.05, 0.1) is 30.1 Å². The first-order valence-corrected chi connectivity index (χ1v) is 7.87. The third kappa shape index (κ3) is 3.76. The van der Waals surface area contributed by atoms with Crippen molar-refractivity contribution >= 4 is 28.7 Å². The van der Waals surface area contributed by atoms with Gasteiger partial charge in [0.15, 0.2) is 0 Å². The Labute approximate surface area is 129 Å². The molecule has 2 rings (SSSR count). The van der Waals surface area contributed by atoms with Crippen LogP contribution >= 0.6 is 11.3 Å². The minimum Gasteiger partial charge on any atom is -0.462 e. The highest BCUT2D eigenvalue weighted by Gasteiger charge is 2.13. The van der Waals surface area contributed by atoms with E-state index in [9.17, 15) is 4.79 Å². The van der Waals surface area contributed by atoms with Gasteiger partial charge in [0.25, 0.3) is 0 Å². The van der Waals surface area contributed by atoms with Crippen LogP contribution in [0.5, 0.6) is 0 Å². The van der Waals surface area contributed by atoms with Crippen LogP contribution in [0.3, 0.4) is 0 Å². The molecular formula is C16H20N2O2S. The van der Waals surface area contributed by atoms with Crippen molar-refractivity contribution in [3.8, 4) is 0 Å². The largest absolute Gasteiger partial charge is 0.462 e. The summed E-state index contributed by atoms with van der Waals surface area (Å²) in [6.45, 7) is 5.90. The standard InChI is InChI=1S/C16H20N2O2S/c1-3-18(11-13-6-5-9-21-13)15-8-7-12(10-14(15)17)16(19)20-4-2/h5-10H,3-4,11,17H2,1-2H3. The molecule has 0 amide bonds. The molecule has 2 N–H and O–H groups in total. The van der Waals surface area contributed by atoms with Gasteiger partial charge in [-0.25, -0.2) is 4.79 Å². The summed E-state index contributed by atoms with van der Waals surface area (Å²) in [7, 11) is 0. The summed E-state index contributed by atoms with van der Waals surface area (Å²) in [5.74, 6) is -0.336. The number of anilines is 2. The maximum absolute atomic E-state index is 11.7. The fraction of sp³-hybridized carbons (Fsp3) is 0.312. The SMILES string of the molecule is CCOC(=O)c1ccc(N(CC)Cc2cccs2)c(N)c1. The van der Waals surface area contributed by atoms with Crippen LogP contribution in [0.25, 0.3) is 0 Å². The molecule has 1 aromatic heterocycles. The molecule has 2 aromatic rings. The van der Waals surface area contributed by atoms with Gasteiger partial charge in [0.1, 0.15) is 0 Å². The van der Waals surface area contributed by atoms with E-state index in [1.54, 1.807) is 30.4 Å². The third-order valence-electron chi connectivity index (χ3n) is 3.19. The van der Waals surface area contributed by atoms with Gasteiger partial charge in [0.2, 0.25) is 0 Å². The molecule has 0 aliphatic heterocycles. The number of carbonyl (C=O) groups is 1. The molecule has 0 fully saturated rings. The Morgan fingerprint density at radius 2 is 2.14 bits per heavy atom. The second-order valence-electron chi connectivity index (χ2n) is 4.59. The van der Waals surface area contributed by atoms with E-state index in [2.05, 4.69) is 23.3 Å². The molecular weight excluding hydrogens is 284 g/mol. The Morgan fingerprint density at radius 3 is 2.71 bits per heavy atom. The third-order valence-corrected chi connectivity index (χ3v) is 4.05. The molecule has 0 aliphatic rings. The van der Waals surface area contributed by atoms with E-state index in [1.807, 2.05) is 12.1 Å². The fourth-order valence-electron chi connectivity index (χ4n) is 2.14. The van der Waals surface area contributed by atoms with Crippen LogP contribution in [-0.2, 0) is 11.3 Å². The first kappa shape index (κ1) is 15.4. The minimum absolute atomic E-state index is 0.336. The molecule has 0 unspecified atom stereocenters. The van der Waals surface area contributed by atoms with Crippen LogP contribution < -0.4 is 10.6 Å². The molecule has 0 radical (unpaired) electrons. The maximum atomic E-state index is 11.7. The van der Waals surface area contributed by atoms with Crippen LogP contribution in [0.2, 0.25) is 0 Å². The number of carbonyl (C=O) groups excluding carboxylic acids is 1. The zero-order valence-electron chi connectivity index (χ0n) is 12.3. The number of ether oxygens (including phenoxy) is 1. The number of hydrogen-bond acceptors (Lipinski definition) is 5. The quantitative estimate of drug-likeness (QED) is 0.655. The molecule has 112 valence electrons. The molecule has 0 saturated carbocycles. The highest BCUT2D eigenvalue weighted by atomic mass is 32.1. The van der Waals surface area contributed by atoms with E-state index in [4.69, 9.17) is 10.5 Å². The predicted molar refractivity (Wildman–Crippen MR) is 87.9 cm³/mol. The van der Waals surface area contributed by atoms with E-state index in [-0.39, 0.29) is 5.97 Å². The van der Waals surface area contributed by atoms with Gasteiger partial charge in [0, 0.05) is 11.4 Å². The van der Waals surface area contributed by atoms with Gasteiger partial charge < -0.3 is 15.4 Å². The first-order valence-electron chi connectivity index (χ1n) is 6.99. The van der Waals surface area contributed by atoms with Crippen LogP contribution in [0.1, 0.15) is 29.1 Å². The lowest BCUT2D eigenvalue weighted by Gasteiger charge is -2.24. The molecule has 0 atom stereocenters. The maximum Gasteiger partial charge on any atom is 0.338 e. The lowest BCUT2D eigenvalue weighted by molar-refractivity contribution is 0.0526. The number of thiophene rings is 1. The molecule has 21 heavy (non-hydrogen) atoms. The summed E-state index contributed by atoms with van der Waals surface area (Å²) in [6.07, 6.45) is 0. The van der Waals surface area contributed by atoms with E-state index >= 15 is 0 Å². The number of nitrogens with zero attached hydrogens (tertiary/aromatic N) is 1. The summed E-state index contributed by atoms with van der Waals surface area (Å²) in [6, 6.07) is 9.49. The zero-order valence-corrected chi connectivity index (χ0v) is 13.2. The minimum atomic E-state index is -0.336. The van der Waals surface area contributed by atoms with Crippen molar-refractivity contribution in [1.82, 2.24) is 0 Å². The second kappa shape index (κ2) is 7.13. The van der Waals surface area contributed by atoms with Crippen LogP contribution in [0.4, 0.5) is 11.4 Å². The number of hydrogen-bond donors (Lipinski definition) is 1.